The molecule has 0 radical (unpaired) electrons. The van der Waals surface area contributed by atoms with Crippen LogP contribution in [0.4, 0.5) is 8.78 Å². The third kappa shape index (κ3) is 4.61. The molecule has 0 saturated heterocycles. The molecule has 0 N–H and O–H groups in total. The summed E-state index contributed by atoms with van der Waals surface area (Å²) in [6.07, 6.45) is 10.1. The lowest BCUT2D eigenvalue weighted by molar-refractivity contribution is 0.289. The maximum absolute atomic E-state index is 13.1. The Morgan fingerprint density at radius 1 is 0.962 bits per heavy atom. The van der Waals surface area contributed by atoms with Gasteiger partial charge in [-0.25, -0.2) is 4.39 Å². The van der Waals surface area contributed by atoms with E-state index in [2.05, 4.69) is 6.58 Å². The minimum atomic E-state index is -0.647. The lowest BCUT2D eigenvalue weighted by atomic mass is 9.70. The van der Waals surface area contributed by atoms with Crippen LogP contribution in [0.25, 0.3) is 0 Å². The minimum absolute atomic E-state index is 0.170. The van der Waals surface area contributed by atoms with E-state index in [0.717, 1.165) is 51.4 Å². The van der Waals surface area contributed by atoms with E-state index in [4.69, 9.17) is 5.26 Å². The van der Waals surface area contributed by atoms with Crippen molar-refractivity contribution in [2.45, 2.75) is 57.3 Å². The number of nitriles is 1. The monoisotopic (exact) mass is 355 g/mol. The Morgan fingerprint density at radius 2 is 1.50 bits per heavy atom. The highest BCUT2D eigenvalue weighted by Gasteiger charge is 2.29. The standard InChI is InChI=1S/C23H27F2N/c1-16(18-4-2-17(3-5-18)14-23(25)15-26)19-6-8-20(9-7-19)21-10-12-22(24)13-11-21/h10-14,17-20H,1-9H2/b23-14-/t17-,18-,19-,20-. The van der Waals surface area contributed by atoms with Crippen molar-refractivity contribution in [2.75, 3.05) is 0 Å². The third-order valence-corrected chi connectivity index (χ3v) is 6.38. The summed E-state index contributed by atoms with van der Waals surface area (Å²) in [5, 5.41) is 8.57. The van der Waals surface area contributed by atoms with Crippen molar-refractivity contribution in [1.82, 2.24) is 0 Å². The van der Waals surface area contributed by atoms with Crippen LogP contribution in [0.5, 0.6) is 0 Å². The van der Waals surface area contributed by atoms with Crippen LogP contribution in [0.2, 0.25) is 0 Å². The lowest BCUT2D eigenvalue weighted by Gasteiger charge is -2.35. The summed E-state index contributed by atoms with van der Waals surface area (Å²) >= 11 is 0. The smallest absolute Gasteiger partial charge is 0.196 e. The van der Waals surface area contributed by atoms with Crippen molar-refractivity contribution < 1.29 is 8.78 Å². The summed E-state index contributed by atoms with van der Waals surface area (Å²) in [7, 11) is 0. The molecule has 2 saturated carbocycles. The second-order valence-corrected chi connectivity index (χ2v) is 7.91. The van der Waals surface area contributed by atoms with Crippen LogP contribution in [-0.2, 0) is 0 Å². The molecule has 138 valence electrons. The van der Waals surface area contributed by atoms with E-state index in [1.165, 1.54) is 17.2 Å². The van der Waals surface area contributed by atoms with Crippen LogP contribution in [0.3, 0.4) is 0 Å². The highest BCUT2D eigenvalue weighted by molar-refractivity contribution is 5.22. The molecule has 0 heterocycles. The van der Waals surface area contributed by atoms with Crippen molar-refractivity contribution in [2.24, 2.45) is 17.8 Å². The molecule has 2 aliphatic rings. The summed E-state index contributed by atoms with van der Waals surface area (Å²) in [6, 6.07) is 8.53. The van der Waals surface area contributed by atoms with Crippen molar-refractivity contribution in [1.29, 1.82) is 5.26 Å². The lowest BCUT2D eigenvalue weighted by Crippen LogP contribution is -2.22. The zero-order chi connectivity index (χ0) is 18.5. The van der Waals surface area contributed by atoms with Crippen LogP contribution in [0.1, 0.15) is 62.8 Å². The fourth-order valence-corrected chi connectivity index (χ4v) is 4.77. The first kappa shape index (κ1) is 18.8. The van der Waals surface area contributed by atoms with Crippen molar-refractivity contribution in [3.8, 4) is 6.07 Å². The van der Waals surface area contributed by atoms with E-state index < -0.39 is 5.83 Å². The van der Waals surface area contributed by atoms with E-state index in [-0.39, 0.29) is 11.7 Å². The number of allylic oxidation sites excluding steroid dienone is 3. The molecule has 0 atom stereocenters. The number of rotatable bonds is 4. The SMILES string of the molecule is C=C([C@H]1CC[C@H](/C=C(\F)C#N)CC1)[C@H]1CC[C@H](c2ccc(F)cc2)CC1. The molecule has 0 aliphatic heterocycles. The van der Waals surface area contributed by atoms with Gasteiger partial charge in [0.15, 0.2) is 5.83 Å². The Balaban J connectivity index is 1.48. The van der Waals surface area contributed by atoms with Crippen LogP contribution >= 0.6 is 0 Å². The molecule has 2 fully saturated rings. The first-order valence-corrected chi connectivity index (χ1v) is 9.78. The van der Waals surface area contributed by atoms with Gasteiger partial charge in [0.05, 0.1) is 0 Å². The molecule has 0 amide bonds. The van der Waals surface area contributed by atoms with Gasteiger partial charge in [0.1, 0.15) is 11.9 Å². The summed E-state index contributed by atoms with van der Waals surface area (Å²) in [5.74, 6) is 1.04. The van der Waals surface area contributed by atoms with Crippen molar-refractivity contribution in [3.05, 3.63) is 59.7 Å². The molecular weight excluding hydrogens is 328 g/mol. The van der Waals surface area contributed by atoms with Gasteiger partial charge in [-0.1, -0.05) is 24.3 Å². The minimum Gasteiger partial charge on any atom is -0.207 e. The average Bonchev–Trinajstić information content (AvgIpc) is 2.68. The van der Waals surface area contributed by atoms with Gasteiger partial charge in [-0.05, 0) is 98.8 Å². The number of hydrogen-bond acceptors (Lipinski definition) is 1. The van der Waals surface area contributed by atoms with Crippen LogP contribution < -0.4 is 0 Å². The van der Waals surface area contributed by atoms with Gasteiger partial charge in [0.25, 0.3) is 0 Å². The Kier molecular flexibility index (Phi) is 6.25. The average molecular weight is 355 g/mol. The molecule has 0 spiro atoms. The highest BCUT2D eigenvalue weighted by Crippen LogP contribution is 2.43. The maximum atomic E-state index is 13.1. The summed E-state index contributed by atoms with van der Waals surface area (Å²) in [6.45, 7) is 4.42. The normalized spacial score (nSPS) is 29.8. The molecule has 1 nitrogen and oxygen atoms in total. The predicted molar refractivity (Wildman–Crippen MR) is 100 cm³/mol. The fourth-order valence-electron chi connectivity index (χ4n) is 4.77. The molecule has 0 bridgehead atoms. The molecule has 1 aromatic carbocycles. The second-order valence-electron chi connectivity index (χ2n) is 7.91. The molecule has 1 aromatic rings. The highest BCUT2D eigenvalue weighted by atomic mass is 19.1. The van der Waals surface area contributed by atoms with Crippen molar-refractivity contribution in [3.63, 3.8) is 0 Å². The van der Waals surface area contributed by atoms with Gasteiger partial charge >= 0.3 is 0 Å². The third-order valence-electron chi connectivity index (χ3n) is 6.38. The Morgan fingerprint density at radius 3 is 2.04 bits per heavy atom. The fraction of sp³-hybridized carbons (Fsp3) is 0.522. The number of nitrogens with zero attached hydrogens (tertiary/aromatic N) is 1. The largest absolute Gasteiger partial charge is 0.207 e. The topological polar surface area (TPSA) is 23.8 Å². The molecular formula is C23H27F2N. The zero-order valence-corrected chi connectivity index (χ0v) is 15.3. The van der Waals surface area contributed by atoms with Gasteiger partial charge in [0, 0.05) is 0 Å². The van der Waals surface area contributed by atoms with Gasteiger partial charge in [-0.15, -0.1) is 0 Å². The Labute approximate surface area is 155 Å². The van der Waals surface area contributed by atoms with Crippen LogP contribution in [0.15, 0.2) is 48.3 Å². The molecule has 0 unspecified atom stereocenters. The molecule has 3 heteroatoms. The number of hydrogen-bond donors (Lipinski definition) is 0. The summed E-state index contributed by atoms with van der Waals surface area (Å²) in [5.41, 5.74) is 2.63. The Hall–Kier alpha value is -1.95. The first-order valence-electron chi connectivity index (χ1n) is 9.78. The number of halogens is 2. The Bertz CT molecular complexity index is 682. The van der Waals surface area contributed by atoms with E-state index in [1.54, 1.807) is 18.2 Å². The predicted octanol–water partition coefficient (Wildman–Crippen LogP) is 6.84. The van der Waals surface area contributed by atoms with E-state index in [0.29, 0.717) is 17.8 Å². The van der Waals surface area contributed by atoms with Crippen molar-refractivity contribution >= 4 is 0 Å². The maximum Gasteiger partial charge on any atom is 0.196 e. The van der Waals surface area contributed by atoms with E-state index in [1.807, 2.05) is 12.1 Å². The second kappa shape index (κ2) is 8.62. The quantitative estimate of drug-likeness (QED) is 0.428. The van der Waals surface area contributed by atoms with Gasteiger partial charge < -0.3 is 0 Å². The zero-order valence-electron chi connectivity index (χ0n) is 15.3. The van der Waals surface area contributed by atoms with Crippen LogP contribution in [0, 0.1) is 34.9 Å². The summed E-state index contributed by atoms with van der Waals surface area (Å²) < 4.78 is 26.2. The molecule has 3 rings (SSSR count). The summed E-state index contributed by atoms with van der Waals surface area (Å²) in [4.78, 5) is 0. The first-order chi connectivity index (χ1) is 12.6. The van der Waals surface area contributed by atoms with Gasteiger partial charge in [-0.2, -0.15) is 9.65 Å². The van der Waals surface area contributed by atoms with Gasteiger partial charge in [-0.3, -0.25) is 0 Å². The number of benzene rings is 1. The molecule has 2 aliphatic carbocycles. The molecule has 26 heavy (non-hydrogen) atoms. The van der Waals surface area contributed by atoms with E-state index >= 15 is 0 Å². The molecule has 0 aromatic heterocycles. The van der Waals surface area contributed by atoms with Gasteiger partial charge in [0.2, 0.25) is 0 Å². The van der Waals surface area contributed by atoms with Crippen LogP contribution in [-0.4, -0.2) is 0 Å². The van der Waals surface area contributed by atoms with E-state index in [9.17, 15) is 8.78 Å².